The van der Waals surface area contributed by atoms with Gasteiger partial charge >= 0.3 is 0 Å². The van der Waals surface area contributed by atoms with Crippen molar-refractivity contribution < 1.29 is 4.79 Å². The zero-order valence-electron chi connectivity index (χ0n) is 6.55. The van der Waals surface area contributed by atoms with Crippen molar-refractivity contribution in [3.05, 3.63) is 21.4 Å². The number of hydrogen-bond donors (Lipinski definition) is 0. The Balaban J connectivity index is 2.85. The molecule has 0 fully saturated rings. The van der Waals surface area contributed by atoms with Crippen LogP contribution in [-0.4, -0.2) is 6.08 Å². The van der Waals surface area contributed by atoms with Gasteiger partial charge in [0.2, 0.25) is 6.08 Å². The first kappa shape index (κ1) is 8.18. The Morgan fingerprint density at radius 3 is 2.82 bits per heavy atom. The van der Waals surface area contributed by atoms with E-state index in [1.165, 1.54) is 15.8 Å². The largest absolute Gasteiger partial charge is 0.235 e. The Morgan fingerprint density at radius 2 is 2.36 bits per heavy atom. The summed E-state index contributed by atoms with van der Waals surface area (Å²) in [5.41, 5.74) is 1.14. The van der Waals surface area contributed by atoms with Crippen LogP contribution in [0.25, 0.3) is 0 Å². The molecular formula is C8H9NOS. The number of aliphatic imine (C=N–C) groups is 1. The lowest BCUT2D eigenvalue weighted by molar-refractivity contribution is 0.563. The van der Waals surface area contributed by atoms with Gasteiger partial charge in [-0.25, -0.2) is 9.79 Å². The highest BCUT2D eigenvalue weighted by Gasteiger charge is 2.00. The Kier molecular flexibility index (Phi) is 2.58. The van der Waals surface area contributed by atoms with Crippen LogP contribution in [0.4, 0.5) is 0 Å². The van der Waals surface area contributed by atoms with Gasteiger partial charge in [-0.05, 0) is 25.5 Å². The minimum absolute atomic E-state index is 0.472. The molecule has 0 atom stereocenters. The van der Waals surface area contributed by atoms with Crippen LogP contribution >= 0.6 is 11.3 Å². The Morgan fingerprint density at radius 1 is 1.64 bits per heavy atom. The highest BCUT2D eigenvalue weighted by atomic mass is 32.1. The third-order valence-electron chi connectivity index (χ3n) is 1.46. The second kappa shape index (κ2) is 3.46. The summed E-state index contributed by atoms with van der Waals surface area (Å²) in [6, 6.07) is 2.06. The zero-order valence-corrected chi connectivity index (χ0v) is 7.36. The summed E-state index contributed by atoms with van der Waals surface area (Å²) in [7, 11) is 0. The van der Waals surface area contributed by atoms with Crippen molar-refractivity contribution in [2.75, 3.05) is 0 Å². The minimum atomic E-state index is 0.472. The summed E-state index contributed by atoms with van der Waals surface area (Å²) < 4.78 is 0. The van der Waals surface area contributed by atoms with Crippen LogP contribution in [0.2, 0.25) is 0 Å². The Hall–Kier alpha value is -0.920. The van der Waals surface area contributed by atoms with Gasteiger partial charge in [0, 0.05) is 9.75 Å². The number of hydrogen-bond acceptors (Lipinski definition) is 3. The number of carbonyl (C=O) groups excluding carboxylic acids is 1. The molecule has 11 heavy (non-hydrogen) atoms. The van der Waals surface area contributed by atoms with Crippen LogP contribution < -0.4 is 0 Å². The third-order valence-corrected chi connectivity index (χ3v) is 2.47. The van der Waals surface area contributed by atoms with E-state index in [2.05, 4.69) is 11.1 Å². The average molecular weight is 167 g/mol. The number of aryl methyl sites for hydroxylation is 2. The van der Waals surface area contributed by atoms with E-state index in [0.717, 1.165) is 5.56 Å². The molecule has 0 aliphatic carbocycles. The first-order valence-corrected chi connectivity index (χ1v) is 4.15. The van der Waals surface area contributed by atoms with Gasteiger partial charge in [-0.2, -0.15) is 0 Å². The van der Waals surface area contributed by atoms with E-state index in [9.17, 15) is 4.79 Å². The maximum Gasteiger partial charge on any atom is 0.235 e. The molecule has 58 valence electrons. The summed E-state index contributed by atoms with van der Waals surface area (Å²) in [4.78, 5) is 15.8. The molecule has 0 aliphatic heterocycles. The minimum Gasteiger partial charge on any atom is -0.211 e. The molecule has 0 aromatic carbocycles. The average Bonchev–Trinajstić information content (AvgIpc) is 2.26. The molecule has 0 saturated heterocycles. The molecule has 1 rings (SSSR count). The van der Waals surface area contributed by atoms with Crippen molar-refractivity contribution in [3.63, 3.8) is 0 Å². The predicted octanol–water partition coefficient (Wildman–Crippen LogP) is 2.20. The molecule has 2 nitrogen and oxygen atoms in total. The van der Waals surface area contributed by atoms with Gasteiger partial charge in [0.15, 0.2) is 0 Å². The highest BCUT2D eigenvalue weighted by molar-refractivity contribution is 7.12. The molecule has 0 bridgehead atoms. The first-order chi connectivity index (χ1) is 5.24. The van der Waals surface area contributed by atoms with E-state index < -0.39 is 0 Å². The van der Waals surface area contributed by atoms with Crippen LogP contribution in [0.1, 0.15) is 15.3 Å². The summed E-state index contributed by atoms with van der Waals surface area (Å²) in [5, 5.41) is 0. The van der Waals surface area contributed by atoms with Gasteiger partial charge in [0.25, 0.3) is 0 Å². The lowest BCUT2D eigenvalue weighted by Crippen LogP contribution is -1.77. The second-order valence-corrected chi connectivity index (χ2v) is 3.81. The van der Waals surface area contributed by atoms with Gasteiger partial charge in [-0.15, -0.1) is 11.3 Å². The molecule has 3 heteroatoms. The molecule has 1 heterocycles. The smallest absolute Gasteiger partial charge is 0.211 e. The normalized spacial score (nSPS) is 9.27. The van der Waals surface area contributed by atoms with Gasteiger partial charge in [-0.3, -0.25) is 0 Å². The second-order valence-electron chi connectivity index (χ2n) is 2.35. The summed E-state index contributed by atoms with van der Waals surface area (Å²) in [6.07, 6.45) is 1.53. The van der Waals surface area contributed by atoms with E-state index in [-0.39, 0.29) is 0 Å². The van der Waals surface area contributed by atoms with Gasteiger partial charge in [-0.1, -0.05) is 0 Å². The molecule has 0 spiro atoms. The molecule has 1 aromatic rings. The van der Waals surface area contributed by atoms with E-state index >= 15 is 0 Å². The summed E-state index contributed by atoms with van der Waals surface area (Å²) in [6.45, 7) is 4.55. The van der Waals surface area contributed by atoms with Crippen LogP contribution in [0.15, 0.2) is 11.1 Å². The quantitative estimate of drug-likeness (QED) is 0.490. The summed E-state index contributed by atoms with van der Waals surface area (Å²) >= 11 is 1.73. The van der Waals surface area contributed by atoms with E-state index in [0.29, 0.717) is 6.54 Å². The van der Waals surface area contributed by atoms with Crippen LogP contribution in [0, 0.1) is 13.8 Å². The fraction of sp³-hybridized carbons (Fsp3) is 0.375. The van der Waals surface area contributed by atoms with E-state index in [1.54, 1.807) is 11.3 Å². The van der Waals surface area contributed by atoms with Crippen molar-refractivity contribution >= 4 is 17.4 Å². The fourth-order valence-electron chi connectivity index (χ4n) is 0.958. The fourth-order valence-corrected chi connectivity index (χ4v) is 1.90. The SMILES string of the molecule is Cc1cc(CN=C=O)c(C)s1. The third kappa shape index (κ3) is 2.00. The lowest BCUT2D eigenvalue weighted by Gasteiger charge is -1.88. The van der Waals surface area contributed by atoms with E-state index in [4.69, 9.17) is 0 Å². The lowest BCUT2D eigenvalue weighted by atomic mass is 10.2. The number of rotatable bonds is 2. The monoisotopic (exact) mass is 167 g/mol. The van der Waals surface area contributed by atoms with Gasteiger partial charge in [0.1, 0.15) is 0 Å². The molecule has 0 aliphatic rings. The summed E-state index contributed by atoms with van der Waals surface area (Å²) in [5.74, 6) is 0. The topological polar surface area (TPSA) is 29.4 Å². The van der Waals surface area contributed by atoms with Crippen LogP contribution in [0.5, 0.6) is 0 Å². The van der Waals surface area contributed by atoms with Crippen molar-refractivity contribution in [1.29, 1.82) is 0 Å². The van der Waals surface area contributed by atoms with Crippen molar-refractivity contribution in [1.82, 2.24) is 0 Å². The van der Waals surface area contributed by atoms with Crippen LogP contribution in [0.3, 0.4) is 0 Å². The number of thiophene rings is 1. The molecule has 0 radical (unpaired) electrons. The number of isocyanates is 1. The maximum absolute atomic E-state index is 9.81. The van der Waals surface area contributed by atoms with E-state index in [1.807, 2.05) is 13.8 Å². The van der Waals surface area contributed by atoms with Gasteiger partial charge < -0.3 is 0 Å². The van der Waals surface area contributed by atoms with Gasteiger partial charge in [0.05, 0.1) is 6.54 Å². The molecular weight excluding hydrogens is 158 g/mol. The van der Waals surface area contributed by atoms with Crippen molar-refractivity contribution in [2.45, 2.75) is 20.4 Å². The Bertz CT molecular complexity index is 297. The van der Waals surface area contributed by atoms with Crippen molar-refractivity contribution in [2.24, 2.45) is 4.99 Å². The molecule has 0 amide bonds. The molecule has 0 N–H and O–H groups in total. The maximum atomic E-state index is 9.81. The Labute approximate surface area is 69.6 Å². The predicted molar refractivity (Wildman–Crippen MR) is 45.6 cm³/mol. The zero-order chi connectivity index (χ0) is 8.27. The number of nitrogens with zero attached hydrogens (tertiary/aromatic N) is 1. The first-order valence-electron chi connectivity index (χ1n) is 3.33. The van der Waals surface area contributed by atoms with Crippen molar-refractivity contribution in [3.8, 4) is 0 Å². The standard InChI is InChI=1S/C8H9NOS/c1-6-3-8(4-9-5-10)7(2)11-6/h3H,4H2,1-2H3. The van der Waals surface area contributed by atoms with Crippen LogP contribution in [-0.2, 0) is 11.3 Å². The molecule has 0 saturated carbocycles. The highest BCUT2D eigenvalue weighted by Crippen LogP contribution is 2.20. The molecule has 0 unspecified atom stereocenters. The molecule has 1 aromatic heterocycles.